The van der Waals surface area contributed by atoms with E-state index in [0.717, 1.165) is 4.47 Å². The third-order valence-corrected chi connectivity index (χ3v) is 5.36. The molecule has 4 rings (SSSR count). The summed E-state index contributed by atoms with van der Waals surface area (Å²) in [5.74, 6) is -0.0538. The lowest BCUT2D eigenvalue weighted by atomic mass is 10.1. The first kappa shape index (κ1) is 20.6. The predicted octanol–water partition coefficient (Wildman–Crippen LogP) is 5.54. The van der Waals surface area contributed by atoms with Gasteiger partial charge in [-0.3, -0.25) is 9.36 Å². The summed E-state index contributed by atoms with van der Waals surface area (Å²) >= 11 is 9.71. The van der Waals surface area contributed by atoms with Crippen molar-refractivity contribution >= 4 is 38.6 Å². The molecule has 0 amide bonds. The van der Waals surface area contributed by atoms with E-state index in [1.54, 1.807) is 36.4 Å². The molecular weight excluding hydrogens is 485 g/mol. The van der Waals surface area contributed by atoms with Crippen molar-refractivity contribution in [3.05, 3.63) is 74.2 Å². The molecule has 0 bridgehead atoms. The normalized spacial score (nSPS) is 11.9. The molecule has 0 aliphatic heterocycles. The Morgan fingerprint density at radius 3 is 2.37 bits per heavy atom. The number of rotatable bonds is 3. The van der Waals surface area contributed by atoms with Crippen molar-refractivity contribution in [1.82, 2.24) is 19.3 Å². The summed E-state index contributed by atoms with van der Waals surface area (Å²) in [6, 6.07) is 14.1. The second-order valence-corrected chi connectivity index (χ2v) is 7.90. The summed E-state index contributed by atoms with van der Waals surface area (Å²) in [5.41, 5.74) is 0.805. The van der Waals surface area contributed by atoms with Crippen LogP contribution in [0.4, 0.5) is 13.2 Å². The molecule has 30 heavy (non-hydrogen) atoms. The van der Waals surface area contributed by atoms with Crippen LogP contribution in [0.3, 0.4) is 0 Å². The van der Waals surface area contributed by atoms with Crippen LogP contribution in [-0.4, -0.2) is 25.5 Å². The average molecular weight is 498 g/mol. The van der Waals surface area contributed by atoms with Crippen LogP contribution in [0, 0.1) is 6.92 Å². The second-order valence-electron chi connectivity index (χ2n) is 6.58. The molecule has 2 aromatic carbocycles. The quantitative estimate of drug-likeness (QED) is 0.374. The van der Waals surface area contributed by atoms with Gasteiger partial charge in [-0.2, -0.15) is 18.3 Å². The Balaban J connectivity index is 2.08. The fourth-order valence-electron chi connectivity index (χ4n) is 3.19. The van der Waals surface area contributed by atoms with Crippen LogP contribution < -0.4 is 5.56 Å². The fourth-order valence-corrected chi connectivity index (χ4v) is 3.67. The molecule has 0 saturated heterocycles. The fraction of sp³-hybridized carbons (Fsp3) is 0.150. The molecule has 0 atom stereocenters. The summed E-state index contributed by atoms with van der Waals surface area (Å²) in [7, 11) is 0. The largest absolute Gasteiger partial charge is 0.406 e. The van der Waals surface area contributed by atoms with E-state index in [4.69, 9.17) is 11.6 Å². The maximum absolute atomic E-state index is 13.0. The van der Waals surface area contributed by atoms with Crippen LogP contribution in [0.1, 0.15) is 5.82 Å². The van der Waals surface area contributed by atoms with Crippen LogP contribution in [0.15, 0.2) is 57.8 Å². The van der Waals surface area contributed by atoms with Gasteiger partial charge in [0.25, 0.3) is 5.56 Å². The molecule has 2 heterocycles. The molecule has 10 heteroatoms. The van der Waals surface area contributed by atoms with Gasteiger partial charge in [0.05, 0.1) is 10.7 Å². The van der Waals surface area contributed by atoms with Gasteiger partial charge in [-0.05, 0) is 31.2 Å². The standard InChI is InChI=1S/C20H13BrClF3N4O/c1-11-26-16-17(19(30)28(11)10-20(23,24)25)27-29(15-5-3-2-4-14(15)22)18(16)12-6-8-13(21)9-7-12/h2-9H,10H2,1H3. The Hall–Kier alpha value is -2.65. The molecular formula is C20H13BrClF3N4O. The molecule has 0 spiro atoms. The highest BCUT2D eigenvalue weighted by Crippen LogP contribution is 2.32. The van der Waals surface area contributed by atoms with E-state index in [1.165, 1.54) is 11.6 Å². The number of fused-ring (bicyclic) bond motifs is 1. The molecule has 0 radical (unpaired) electrons. The van der Waals surface area contributed by atoms with E-state index in [-0.39, 0.29) is 16.9 Å². The zero-order valence-corrected chi connectivity index (χ0v) is 17.8. The van der Waals surface area contributed by atoms with Crippen molar-refractivity contribution in [2.75, 3.05) is 0 Å². The monoisotopic (exact) mass is 496 g/mol. The first-order chi connectivity index (χ1) is 14.2. The van der Waals surface area contributed by atoms with Gasteiger partial charge in [-0.15, -0.1) is 0 Å². The van der Waals surface area contributed by atoms with E-state index in [2.05, 4.69) is 26.0 Å². The third kappa shape index (κ3) is 3.75. The van der Waals surface area contributed by atoms with Gasteiger partial charge in [0.2, 0.25) is 0 Å². The number of aromatic nitrogens is 4. The molecule has 4 aromatic rings. The topological polar surface area (TPSA) is 52.7 Å². The number of para-hydroxylation sites is 1. The average Bonchev–Trinajstić information content (AvgIpc) is 3.04. The van der Waals surface area contributed by atoms with Crippen LogP contribution in [0.25, 0.3) is 28.0 Å². The highest BCUT2D eigenvalue weighted by atomic mass is 79.9. The van der Waals surface area contributed by atoms with Crippen molar-refractivity contribution < 1.29 is 13.2 Å². The highest BCUT2D eigenvalue weighted by molar-refractivity contribution is 9.10. The number of benzene rings is 2. The minimum absolute atomic E-state index is 0.0538. The SMILES string of the molecule is Cc1nc2c(-c3ccc(Br)cc3)n(-c3ccccc3Cl)nc2c(=O)n1CC(F)(F)F. The molecule has 0 N–H and O–H groups in total. The number of aryl methyl sites for hydroxylation is 1. The Labute approximate surface area is 181 Å². The molecule has 0 saturated carbocycles. The number of alkyl halides is 3. The second kappa shape index (κ2) is 7.55. The van der Waals surface area contributed by atoms with Crippen molar-refractivity contribution in [2.24, 2.45) is 0 Å². The van der Waals surface area contributed by atoms with Crippen molar-refractivity contribution in [3.8, 4) is 16.9 Å². The van der Waals surface area contributed by atoms with Gasteiger partial charge in [-0.1, -0.05) is 51.8 Å². The maximum Gasteiger partial charge on any atom is 0.406 e. The molecule has 154 valence electrons. The summed E-state index contributed by atoms with van der Waals surface area (Å²) in [6.07, 6.45) is -4.57. The van der Waals surface area contributed by atoms with Crippen LogP contribution in [-0.2, 0) is 6.54 Å². The predicted molar refractivity (Wildman–Crippen MR) is 112 cm³/mol. The number of hydrogen-bond acceptors (Lipinski definition) is 3. The summed E-state index contributed by atoms with van der Waals surface area (Å²) in [5, 5.41) is 4.70. The Morgan fingerprint density at radius 1 is 1.07 bits per heavy atom. The van der Waals surface area contributed by atoms with Gasteiger partial charge in [0.1, 0.15) is 23.6 Å². The van der Waals surface area contributed by atoms with Crippen LogP contribution in [0.5, 0.6) is 0 Å². The van der Waals surface area contributed by atoms with E-state index in [1.807, 2.05) is 12.1 Å². The van der Waals surface area contributed by atoms with Crippen molar-refractivity contribution in [1.29, 1.82) is 0 Å². The smallest absolute Gasteiger partial charge is 0.286 e. The Kier molecular flexibility index (Phi) is 5.19. The molecule has 0 fully saturated rings. The lowest BCUT2D eigenvalue weighted by molar-refractivity contribution is -0.141. The summed E-state index contributed by atoms with van der Waals surface area (Å²) < 4.78 is 41.8. The third-order valence-electron chi connectivity index (χ3n) is 4.51. The van der Waals surface area contributed by atoms with Gasteiger partial charge in [0, 0.05) is 10.0 Å². The molecule has 2 aromatic heterocycles. The number of nitrogens with zero attached hydrogens (tertiary/aromatic N) is 4. The van der Waals surface area contributed by atoms with Gasteiger partial charge >= 0.3 is 6.18 Å². The first-order valence-corrected chi connectivity index (χ1v) is 9.90. The van der Waals surface area contributed by atoms with E-state index >= 15 is 0 Å². The van der Waals surface area contributed by atoms with Crippen LogP contribution >= 0.6 is 27.5 Å². The lowest BCUT2D eigenvalue weighted by Crippen LogP contribution is -2.30. The zero-order chi connectivity index (χ0) is 21.6. The number of hydrogen-bond donors (Lipinski definition) is 0. The maximum atomic E-state index is 13.0. The zero-order valence-electron chi connectivity index (χ0n) is 15.4. The van der Waals surface area contributed by atoms with Gasteiger partial charge < -0.3 is 0 Å². The van der Waals surface area contributed by atoms with Gasteiger partial charge in [-0.25, -0.2) is 9.67 Å². The van der Waals surface area contributed by atoms with E-state index in [0.29, 0.717) is 26.5 Å². The minimum Gasteiger partial charge on any atom is -0.286 e. The lowest BCUT2D eigenvalue weighted by Gasteiger charge is -2.12. The summed E-state index contributed by atoms with van der Waals surface area (Å²) in [6.45, 7) is -0.0715. The van der Waals surface area contributed by atoms with Gasteiger partial charge in [0.15, 0.2) is 5.52 Å². The molecule has 0 aliphatic carbocycles. The molecule has 0 unspecified atom stereocenters. The summed E-state index contributed by atoms with van der Waals surface area (Å²) in [4.78, 5) is 17.2. The minimum atomic E-state index is -4.57. The highest BCUT2D eigenvalue weighted by Gasteiger charge is 2.31. The molecule has 5 nitrogen and oxygen atoms in total. The molecule has 0 aliphatic rings. The van der Waals surface area contributed by atoms with Crippen molar-refractivity contribution in [2.45, 2.75) is 19.6 Å². The Morgan fingerprint density at radius 2 is 1.73 bits per heavy atom. The van der Waals surface area contributed by atoms with E-state index < -0.39 is 18.3 Å². The van der Waals surface area contributed by atoms with E-state index in [9.17, 15) is 18.0 Å². The first-order valence-electron chi connectivity index (χ1n) is 8.73. The van der Waals surface area contributed by atoms with Crippen molar-refractivity contribution in [3.63, 3.8) is 0 Å². The number of halogens is 5. The van der Waals surface area contributed by atoms with Crippen LogP contribution in [0.2, 0.25) is 5.02 Å². The Bertz CT molecular complexity index is 1310.